The van der Waals surface area contributed by atoms with E-state index in [1.165, 1.54) is 0 Å². The van der Waals surface area contributed by atoms with Crippen molar-refractivity contribution in [3.63, 3.8) is 0 Å². The number of hydrogen-bond acceptors (Lipinski definition) is 4. The van der Waals surface area contributed by atoms with Gasteiger partial charge in [-0.25, -0.2) is 13.1 Å². The summed E-state index contributed by atoms with van der Waals surface area (Å²) in [4.78, 5) is 10.8. The minimum atomic E-state index is -3.22. The van der Waals surface area contributed by atoms with Crippen LogP contribution in [0.5, 0.6) is 0 Å². The minimum absolute atomic E-state index is 0.107. The molecule has 0 aromatic heterocycles. The number of nitrogens with one attached hydrogen (secondary N) is 2. The van der Waals surface area contributed by atoms with Crippen LogP contribution in [0.1, 0.15) is 26.2 Å². The highest BCUT2D eigenvalue weighted by molar-refractivity contribution is 7.89. The molecule has 7 heteroatoms. The van der Waals surface area contributed by atoms with Crippen molar-refractivity contribution < 1.29 is 13.2 Å². The molecule has 6 nitrogen and oxygen atoms in total. The zero-order chi connectivity index (χ0) is 12.4. The molecule has 1 amide bonds. The van der Waals surface area contributed by atoms with Crippen molar-refractivity contribution in [2.45, 2.75) is 26.2 Å². The molecule has 0 spiro atoms. The Morgan fingerprint density at radius 1 is 1.38 bits per heavy atom. The number of amides is 1. The molecular weight excluding hydrogens is 230 g/mol. The van der Waals surface area contributed by atoms with Crippen molar-refractivity contribution in [2.75, 3.05) is 18.8 Å². The summed E-state index contributed by atoms with van der Waals surface area (Å²) in [6, 6.07) is 1.70. The fourth-order valence-corrected chi connectivity index (χ4v) is 2.18. The predicted molar refractivity (Wildman–Crippen MR) is 59.9 cm³/mol. The van der Waals surface area contributed by atoms with Gasteiger partial charge in [0, 0.05) is 13.1 Å². The Kier molecular flexibility index (Phi) is 7.50. The number of carbonyl (C=O) groups excluding carboxylic acids is 1. The second-order valence-corrected chi connectivity index (χ2v) is 5.18. The van der Waals surface area contributed by atoms with E-state index in [9.17, 15) is 13.2 Å². The maximum atomic E-state index is 11.3. The van der Waals surface area contributed by atoms with Crippen LogP contribution in [0, 0.1) is 11.3 Å². The summed E-state index contributed by atoms with van der Waals surface area (Å²) in [7, 11) is -3.22. The topological polar surface area (TPSA) is 99.1 Å². The summed E-state index contributed by atoms with van der Waals surface area (Å²) in [5.41, 5.74) is 0. The Bertz CT molecular complexity index is 346. The van der Waals surface area contributed by atoms with Gasteiger partial charge in [0.25, 0.3) is 0 Å². The summed E-state index contributed by atoms with van der Waals surface area (Å²) < 4.78 is 24.9. The lowest BCUT2D eigenvalue weighted by Crippen LogP contribution is -2.35. The Hall–Kier alpha value is -1.13. The molecule has 0 rings (SSSR count). The van der Waals surface area contributed by atoms with Crippen molar-refractivity contribution in [3.05, 3.63) is 0 Å². The van der Waals surface area contributed by atoms with E-state index in [2.05, 4.69) is 10.0 Å². The maximum Gasteiger partial charge on any atom is 0.234 e. The zero-order valence-corrected chi connectivity index (χ0v) is 10.1. The van der Waals surface area contributed by atoms with Gasteiger partial charge in [-0.15, -0.1) is 0 Å². The van der Waals surface area contributed by atoms with E-state index in [0.29, 0.717) is 6.42 Å². The van der Waals surface area contributed by atoms with E-state index in [1.807, 2.05) is 6.92 Å². The third kappa shape index (κ3) is 8.20. The number of carbonyl (C=O) groups is 1. The summed E-state index contributed by atoms with van der Waals surface area (Å²) in [5, 5.41) is 10.6. The molecule has 2 N–H and O–H groups in total. The van der Waals surface area contributed by atoms with Gasteiger partial charge >= 0.3 is 0 Å². The van der Waals surface area contributed by atoms with Gasteiger partial charge in [0.05, 0.1) is 11.8 Å². The molecule has 0 saturated carbocycles. The number of nitriles is 1. The summed E-state index contributed by atoms with van der Waals surface area (Å²) in [6.45, 7) is 2.27. The SMILES string of the molecule is CCCCS(=O)(=O)NCCNC(=O)CC#N. The van der Waals surface area contributed by atoms with E-state index < -0.39 is 15.9 Å². The summed E-state index contributed by atoms with van der Waals surface area (Å²) in [5.74, 6) is -0.286. The summed E-state index contributed by atoms with van der Waals surface area (Å²) >= 11 is 0. The highest BCUT2D eigenvalue weighted by Gasteiger charge is 2.08. The fourth-order valence-electron chi connectivity index (χ4n) is 0.949. The Labute approximate surface area is 96.1 Å². The predicted octanol–water partition coefficient (Wildman–Crippen LogP) is -0.264. The molecule has 0 bridgehead atoms. The van der Waals surface area contributed by atoms with Crippen molar-refractivity contribution >= 4 is 15.9 Å². The summed E-state index contributed by atoms with van der Waals surface area (Å²) in [6.07, 6.45) is 1.23. The minimum Gasteiger partial charge on any atom is -0.354 e. The van der Waals surface area contributed by atoms with Crippen molar-refractivity contribution in [3.8, 4) is 6.07 Å². The van der Waals surface area contributed by atoms with Crippen LogP contribution in [0.25, 0.3) is 0 Å². The van der Waals surface area contributed by atoms with Crippen LogP contribution in [-0.2, 0) is 14.8 Å². The average Bonchev–Trinajstić information content (AvgIpc) is 2.22. The van der Waals surface area contributed by atoms with E-state index in [1.54, 1.807) is 6.07 Å². The van der Waals surface area contributed by atoms with Gasteiger partial charge in [-0.3, -0.25) is 4.79 Å². The zero-order valence-electron chi connectivity index (χ0n) is 9.32. The maximum absolute atomic E-state index is 11.3. The normalized spacial score (nSPS) is 10.8. The van der Waals surface area contributed by atoms with Gasteiger partial charge in [-0.2, -0.15) is 5.26 Å². The first-order valence-corrected chi connectivity index (χ1v) is 6.78. The molecule has 0 unspecified atom stereocenters. The number of sulfonamides is 1. The molecule has 0 saturated heterocycles. The molecule has 0 aromatic carbocycles. The average molecular weight is 247 g/mol. The Morgan fingerprint density at radius 3 is 2.62 bits per heavy atom. The van der Waals surface area contributed by atoms with Crippen LogP contribution in [0.3, 0.4) is 0 Å². The number of unbranched alkanes of at least 4 members (excludes halogenated alkanes) is 1. The number of nitrogens with zero attached hydrogens (tertiary/aromatic N) is 1. The van der Waals surface area contributed by atoms with Gasteiger partial charge < -0.3 is 5.32 Å². The molecule has 0 aromatic rings. The molecule has 0 aliphatic carbocycles. The van der Waals surface area contributed by atoms with Crippen LogP contribution in [0.2, 0.25) is 0 Å². The van der Waals surface area contributed by atoms with Crippen LogP contribution in [0.4, 0.5) is 0 Å². The first-order valence-electron chi connectivity index (χ1n) is 5.13. The fraction of sp³-hybridized carbons (Fsp3) is 0.778. The van der Waals surface area contributed by atoms with E-state index in [0.717, 1.165) is 6.42 Å². The second-order valence-electron chi connectivity index (χ2n) is 3.25. The van der Waals surface area contributed by atoms with Gasteiger partial charge in [0.2, 0.25) is 15.9 Å². The lowest BCUT2D eigenvalue weighted by molar-refractivity contribution is -0.120. The molecule has 0 atom stereocenters. The lowest BCUT2D eigenvalue weighted by Gasteiger charge is -2.06. The molecule has 92 valence electrons. The van der Waals surface area contributed by atoms with Crippen molar-refractivity contribution in [1.29, 1.82) is 5.26 Å². The monoisotopic (exact) mass is 247 g/mol. The third-order valence-electron chi connectivity index (χ3n) is 1.78. The standard InChI is InChI=1S/C9H17N3O3S/c1-2-3-8-16(14,15)12-7-6-11-9(13)4-5-10/h12H,2-4,6-8H2,1H3,(H,11,13). The smallest absolute Gasteiger partial charge is 0.234 e. The molecular formula is C9H17N3O3S. The molecule has 0 aliphatic rings. The highest BCUT2D eigenvalue weighted by Crippen LogP contribution is 1.92. The molecule has 0 heterocycles. The van der Waals surface area contributed by atoms with Crippen LogP contribution in [-0.4, -0.2) is 33.2 Å². The van der Waals surface area contributed by atoms with Gasteiger partial charge in [0.15, 0.2) is 0 Å². The molecule has 0 radical (unpaired) electrons. The molecule has 0 aliphatic heterocycles. The number of rotatable bonds is 8. The Morgan fingerprint density at radius 2 is 2.06 bits per heavy atom. The van der Waals surface area contributed by atoms with Crippen LogP contribution in [0.15, 0.2) is 0 Å². The highest BCUT2D eigenvalue weighted by atomic mass is 32.2. The van der Waals surface area contributed by atoms with Crippen molar-refractivity contribution in [1.82, 2.24) is 10.0 Å². The Balaban J connectivity index is 3.66. The van der Waals surface area contributed by atoms with Crippen molar-refractivity contribution in [2.24, 2.45) is 0 Å². The first-order chi connectivity index (χ1) is 7.52. The first kappa shape index (κ1) is 14.9. The van der Waals surface area contributed by atoms with Gasteiger partial charge in [0.1, 0.15) is 6.42 Å². The van der Waals surface area contributed by atoms with Crippen LogP contribution < -0.4 is 10.0 Å². The van der Waals surface area contributed by atoms with Crippen LogP contribution >= 0.6 is 0 Å². The molecule has 0 fully saturated rings. The largest absolute Gasteiger partial charge is 0.354 e. The molecule has 16 heavy (non-hydrogen) atoms. The third-order valence-corrected chi connectivity index (χ3v) is 3.25. The second kappa shape index (κ2) is 8.07. The van der Waals surface area contributed by atoms with Gasteiger partial charge in [-0.1, -0.05) is 13.3 Å². The van der Waals surface area contributed by atoms with E-state index >= 15 is 0 Å². The number of hydrogen-bond donors (Lipinski definition) is 2. The van der Waals surface area contributed by atoms with E-state index in [4.69, 9.17) is 5.26 Å². The van der Waals surface area contributed by atoms with Gasteiger partial charge in [-0.05, 0) is 6.42 Å². The van der Waals surface area contributed by atoms with E-state index in [-0.39, 0.29) is 25.3 Å². The quantitative estimate of drug-likeness (QED) is 0.577. The lowest BCUT2D eigenvalue weighted by atomic mass is 10.4.